The van der Waals surface area contributed by atoms with Gasteiger partial charge in [-0.05, 0) is 54.6 Å². The summed E-state index contributed by atoms with van der Waals surface area (Å²) in [6.45, 7) is 0. The molecule has 25 heavy (non-hydrogen) atoms. The van der Waals surface area contributed by atoms with Gasteiger partial charge in [0.15, 0.2) is 0 Å². The summed E-state index contributed by atoms with van der Waals surface area (Å²) in [5, 5.41) is 10.6. The Labute approximate surface area is 142 Å². The fraction of sp³-hybridized carbons (Fsp3) is 0. The molecule has 0 saturated carbocycles. The van der Waals surface area contributed by atoms with Crippen LogP contribution in [-0.2, 0) is 0 Å². The van der Waals surface area contributed by atoms with E-state index in [9.17, 15) is 9.18 Å². The van der Waals surface area contributed by atoms with E-state index in [4.69, 9.17) is 0 Å². The second-order valence-corrected chi connectivity index (χ2v) is 5.50. The Kier molecular flexibility index (Phi) is 3.70. The molecule has 0 aliphatic carbocycles. The first-order valence-electron chi connectivity index (χ1n) is 7.67. The number of fused-ring (bicyclic) bond motifs is 1. The van der Waals surface area contributed by atoms with Crippen LogP contribution in [0.2, 0.25) is 0 Å². The molecule has 2 heterocycles. The quantitative estimate of drug-likeness (QED) is 0.595. The van der Waals surface area contributed by atoms with E-state index in [0.717, 1.165) is 16.5 Å². The number of nitrogens with zero attached hydrogens (tertiary/aromatic N) is 2. The van der Waals surface area contributed by atoms with Crippen LogP contribution in [0.5, 0.6) is 0 Å². The lowest BCUT2D eigenvalue weighted by atomic mass is 10.1. The first-order valence-corrected chi connectivity index (χ1v) is 7.67. The van der Waals surface area contributed by atoms with Gasteiger partial charge in [-0.25, -0.2) is 4.39 Å². The van der Waals surface area contributed by atoms with Crippen molar-refractivity contribution in [3.05, 3.63) is 78.4 Å². The normalized spacial score (nSPS) is 10.8. The van der Waals surface area contributed by atoms with Crippen molar-refractivity contribution in [1.29, 1.82) is 0 Å². The minimum Gasteiger partial charge on any atom is -0.320 e. The Morgan fingerprint density at radius 2 is 1.88 bits per heavy atom. The minimum absolute atomic E-state index is 0.308. The van der Waals surface area contributed by atoms with Gasteiger partial charge in [-0.15, -0.1) is 0 Å². The molecule has 5 nitrogen and oxygen atoms in total. The third-order valence-corrected chi connectivity index (χ3v) is 3.86. The molecule has 0 spiro atoms. The van der Waals surface area contributed by atoms with Crippen molar-refractivity contribution in [1.82, 2.24) is 15.2 Å². The summed E-state index contributed by atoms with van der Waals surface area (Å²) in [6.07, 6.45) is 1.71. The molecular formula is C19H13FN4O. The molecule has 0 unspecified atom stereocenters. The monoisotopic (exact) mass is 332 g/mol. The molecule has 0 aliphatic heterocycles. The first kappa shape index (κ1) is 15.0. The van der Waals surface area contributed by atoms with Gasteiger partial charge in [-0.2, -0.15) is 5.10 Å². The van der Waals surface area contributed by atoms with Crippen molar-refractivity contribution in [3.8, 4) is 11.3 Å². The Balaban J connectivity index is 1.60. The zero-order valence-electron chi connectivity index (χ0n) is 13.0. The third kappa shape index (κ3) is 2.97. The lowest BCUT2D eigenvalue weighted by Crippen LogP contribution is -2.12. The van der Waals surface area contributed by atoms with Gasteiger partial charge in [0.05, 0.1) is 16.9 Å². The van der Waals surface area contributed by atoms with Crippen molar-refractivity contribution in [2.75, 3.05) is 5.32 Å². The van der Waals surface area contributed by atoms with E-state index in [1.807, 2.05) is 30.3 Å². The number of amides is 1. The van der Waals surface area contributed by atoms with Crippen molar-refractivity contribution in [2.45, 2.75) is 0 Å². The lowest BCUT2D eigenvalue weighted by Gasteiger charge is -2.06. The minimum atomic E-state index is -0.318. The molecule has 2 aromatic carbocycles. The number of halogens is 1. The Hall–Kier alpha value is -3.54. The fourth-order valence-electron chi connectivity index (χ4n) is 2.61. The number of benzene rings is 2. The molecule has 2 aromatic heterocycles. The second kappa shape index (κ2) is 6.16. The van der Waals surface area contributed by atoms with E-state index < -0.39 is 0 Å². The van der Waals surface area contributed by atoms with Gasteiger partial charge in [0.1, 0.15) is 11.5 Å². The topological polar surface area (TPSA) is 70.7 Å². The average molecular weight is 332 g/mol. The van der Waals surface area contributed by atoms with E-state index in [0.29, 0.717) is 17.1 Å². The second-order valence-electron chi connectivity index (χ2n) is 5.50. The van der Waals surface area contributed by atoms with Gasteiger partial charge in [0, 0.05) is 17.1 Å². The number of pyridine rings is 1. The molecule has 4 rings (SSSR count). The highest BCUT2D eigenvalue weighted by Gasteiger charge is 2.13. The van der Waals surface area contributed by atoms with Gasteiger partial charge < -0.3 is 5.32 Å². The summed E-state index contributed by atoms with van der Waals surface area (Å²) in [5.74, 6) is -0.626. The van der Waals surface area contributed by atoms with Crippen LogP contribution >= 0.6 is 0 Å². The molecule has 4 aromatic rings. The maximum Gasteiger partial charge on any atom is 0.273 e. The predicted octanol–water partition coefficient (Wildman–Crippen LogP) is 4.02. The molecule has 0 aliphatic rings. The Bertz CT molecular complexity index is 1050. The van der Waals surface area contributed by atoms with Crippen LogP contribution in [0.3, 0.4) is 0 Å². The molecular weight excluding hydrogens is 319 g/mol. The summed E-state index contributed by atoms with van der Waals surface area (Å²) < 4.78 is 13.0. The SMILES string of the molecule is O=C(Nc1cccc2ncccc12)c1cc(-c2ccc(F)cc2)n[nH]1. The maximum absolute atomic E-state index is 13.0. The van der Waals surface area contributed by atoms with Gasteiger partial charge in [0.2, 0.25) is 0 Å². The summed E-state index contributed by atoms with van der Waals surface area (Å²) >= 11 is 0. The number of aromatic amines is 1. The van der Waals surface area contributed by atoms with E-state index in [-0.39, 0.29) is 11.7 Å². The lowest BCUT2D eigenvalue weighted by molar-refractivity contribution is 0.102. The van der Waals surface area contributed by atoms with Crippen molar-refractivity contribution in [2.24, 2.45) is 0 Å². The molecule has 0 saturated heterocycles. The van der Waals surface area contributed by atoms with Crippen molar-refractivity contribution in [3.63, 3.8) is 0 Å². The van der Waals surface area contributed by atoms with Crippen LogP contribution in [0.25, 0.3) is 22.2 Å². The molecule has 0 radical (unpaired) electrons. The number of H-pyrrole nitrogens is 1. The molecule has 0 bridgehead atoms. The Morgan fingerprint density at radius 1 is 1.04 bits per heavy atom. The van der Waals surface area contributed by atoms with Crippen molar-refractivity contribution >= 4 is 22.5 Å². The number of nitrogens with one attached hydrogen (secondary N) is 2. The maximum atomic E-state index is 13.0. The highest BCUT2D eigenvalue weighted by Crippen LogP contribution is 2.23. The molecule has 0 atom stereocenters. The van der Waals surface area contributed by atoms with Gasteiger partial charge in [-0.1, -0.05) is 6.07 Å². The molecule has 0 fully saturated rings. The van der Waals surface area contributed by atoms with Crippen LogP contribution in [-0.4, -0.2) is 21.1 Å². The van der Waals surface area contributed by atoms with Gasteiger partial charge in [0.25, 0.3) is 5.91 Å². The third-order valence-electron chi connectivity index (χ3n) is 3.86. The molecule has 2 N–H and O–H groups in total. The molecule has 6 heteroatoms. The van der Waals surface area contributed by atoms with Gasteiger partial charge >= 0.3 is 0 Å². The highest BCUT2D eigenvalue weighted by atomic mass is 19.1. The standard InChI is InChI=1S/C19H13FN4O/c20-13-8-6-12(7-9-13)17-11-18(24-23-17)19(25)22-16-5-1-4-15-14(16)3-2-10-21-15/h1-11H,(H,22,25)(H,23,24). The number of rotatable bonds is 3. The molecule has 1 amide bonds. The van der Waals surface area contributed by atoms with Crippen LogP contribution in [0.1, 0.15) is 10.5 Å². The van der Waals surface area contributed by atoms with Crippen LogP contribution in [0.15, 0.2) is 66.9 Å². The van der Waals surface area contributed by atoms with Crippen LogP contribution in [0, 0.1) is 5.82 Å². The fourth-order valence-corrected chi connectivity index (χ4v) is 2.61. The predicted molar refractivity (Wildman–Crippen MR) is 93.7 cm³/mol. The number of carbonyl (C=O) groups is 1. The summed E-state index contributed by atoms with van der Waals surface area (Å²) in [4.78, 5) is 16.8. The summed E-state index contributed by atoms with van der Waals surface area (Å²) in [6, 6.07) is 16.8. The van der Waals surface area contributed by atoms with Crippen LogP contribution in [0.4, 0.5) is 10.1 Å². The Morgan fingerprint density at radius 3 is 2.72 bits per heavy atom. The van der Waals surface area contributed by atoms with E-state index >= 15 is 0 Å². The zero-order chi connectivity index (χ0) is 17.2. The first-order chi connectivity index (χ1) is 12.2. The van der Waals surface area contributed by atoms with Crippen molar-refractivity contribution < 1.29 is 9.18 Å². The van der Waals surface area contributed by atoms with Crippen LogP contribution < -0.4 is 5.32 Å². The number of hydrogen-bond donors (Lipinski definition) is 2. The number of hydrogen-bond acceptors (Lipinski definition) is 3. The smallest absolute Gasteiger partial charge is 0.273 e. The largest absolute Gasteiger partial charge is 0.320 e. The van der Waals surface area contributed by atoms with E-state index in [1.165, 1.54) is 12.1 Å². The molecule has 122 valence electrons. The average Bonchev–Trinajstić information content (AvgIpc) is 3.13. The number of aromatic nitrogens is 3. The highest BCUT2D eigenvalue weighted by molar-refractivity contribution is 6.08. The summed E-state index contributed by atoms with van der Waals surface area (Å²) in [5.41, 5.74) is 3.10. The number of anilines is 1. The van der Waals surface area contributed by atoms with E-state index in [2.05, 4.69) is 20.5 Å². The summed E-state index contributed by atoms with van der Waals surface area (Å²) in [7, 11) is 0. The zero-order valence-corrected chi connectivity index (χ0v) is 13.0. The number of carbonyl (C=O) groups excluding carboxylic acids is 1. The van der Waals surface area contributed by atoms with E-state index in [1.54, 1.807) is 24.4 Å². The van der Waals surface area contributed by atoms with Gasteiger partial charge in [-0.3, -0.25) is 14.9 Å².